The van der Waals surface area contributed by atoms with Crippen LogP contribution in [0.4, 0.5) is 0 Å². The monoisotopic (exact) mass is 495 g/mol. The number of esters is 2. The van der Waals surface area contributed by atoms with Gasteiger partial charge in [-0.3, -0.25) is 0 Å². The van der Waals surface area contributed by atoms with Gasteiger partial charge in [0.15, 0.2) is 0 Å². The van der Waals surface area contributed by atoms with Crippen molar-refractivity contribution in [2.45, 2.75) is 45.1 Å². The molecular formula is C25H29N5O6. The summed E-state index contributed by atoms with van der Waals surface area (Å²) < 4.78 is 23.9. The minimum Gasteiger partial charge on any atom is -0.422 e. The van der Waals surface area contributed by atoms with Crippen molar-refractivity contribution in [3.63, 3.8) is 0 Å². The highest BCUT2D eigenvalue weighted by Gasteiger charge is 2.29. The van der Waals surface area contributed by atoms with Gasteiger partial charge in [0, 0.05) is 38.3 Å². The van der Waals surface area contributed by atoms with E-state index in [1.807, 2.05) is 13.8 Å². The van der Waals surface area contributed by atoms with E-state index in [2.05, 4.69) is 20.2 Å². The van der Waals surface area contributed by atoms with Crippen molar-refractivity contribution in [1.82, 2.24) is 24.9 Å². The molecule has 11 nitrogen and oxygen atoms in total. The minimum atomic E-state index is -0.692. The fourth-order valence-corrected chi connectivity index (χ4v) is 4.61. The van der Waals surface area contributed by atoms with Gasteiger partial charge in [0.25, 0.3) is 0 Å². The van der Waals surface area contributed by atoms with Gasteiger partial charge in [-0.2, -0.15) is 5.10 Å². The number of likely N-dealkylation sites (tertiary alicyclic amines) is 1. The number of carbonyl (C=O) groups is 2. The van der Waals surface area contributed by atoms with Gasteiger partial charge in [0.05, 0.1) is 11.6 Å². The summed E-state index contributed by atoms with van der Waals surface area (Å²) in [5, 5.41) is 13.7. The molecule has 1 fully saturated rings. The third-order valence-corrected chi connectivity index (χ3v) is 6.45. The van der Waals surface area contributed by atoms with E-state index >= 15 is 0 Å². The van der Waals surface area contributed by atoms with Crippen molar-refractivity contribution in [3.8, 4) is 23.1 Å². The molecule has 4 heterocycles. The molecule has 0 saturated carbocycles. The molecule has 2 aliphatic rings. The first kappa shape index (κ1) is 24.1. The maximum absolute atomic E-state index is 12.3. The molecule has 1 aromatic carbocycles. The number of aromatic nitrogens is 4. The number of ether oxygens (including phenoxy) is 3. The Bertz CT molecular complexity index is 1300. The third kappa shape index (κ3) is 4.76. The Morgan fingerprint density at radius 1 is 1.08 bits per heavy atom. The Balaban J connectivity index is 1.46. The minimum absolute atomic E-state index is 0.131. The molecule has 3 aromatic rings. The summed E-state index contributed by atoms with van der Waals surface area (Å²) in [6.07, 6.45) is 4.96. The summed E-state index contributed by atoms with van der Waals surface area (Å²) >= 11 is 0. The molecule has 0 atom stereocenters. The summed E-state index contributed by atoms with van der Waals surface area (Å²) in [5.74, 6) is 0.159. The number of nitrogens with zero attached hydrogens (tertiary/aromatic N) is 5. The number of carbonyl (C=O) groups excluding carboxylic acids is 2. The zero-order chi connectivity index (χ0) is 25.2. The van der Waals surface area contributed by atoms with E-state index in [4.69, 9.17) is 18.6 Å². The van der Waals surface area contributed by atoms with E-state index in [0.717, 1.165) is 57.7 Å². The molecule has 0 aliphatic carbocycles. The van der Waals surface area contributed by atoms with Crippen LogP contribution in [-0.4, -0.2) is 70.2 Å². The lowest BCUT2D eigenvalue weighted by Gasteiger charge is -2.30. The maximum atomic E-state index is 12.3. The van der Waals surface area contributed by atoms with Crippen LogP contribution in [0.3, 0.4) is 0 Å². The van der Waals surface area contributed by atoms with E-state index in [0.29, 0.717) is 28.2 Å². The van der Waals surface area contributed by atoms with Gasteiger partial charge in [-0.25, -0.2) is 14.3 Å². The summed E-state index contributed by atoms with van der Waals surface area (Å²) in [4.78, 5) is 26.9. The number of benzene rings is 1. The van der Waals surface area contributed by atoms with Crippen molar-refractivity contribution >= 4 is 22.8 Å². The highest BCUT2D eigenvalue weighted by Crippen LogP contribution is 2.41. The molecule has 0 N–H and O–H groups in total. The van der Waals surface area contributed by atoms with Crippen LogP contribution in [0.25, 0.3) is 22.4 Å². The number of methoxy groups -OCH3 is 1. The Kier molecular flexibility index (Phi) is 6.84. The molecule has 11 heteroatoms. The van der Waals surface area contributed by atoms with E-state index in [-0.39, 0.29) is 23.6 Å². The largest absolute Gasteiger partial charge is 0.422 e. The predicted octanol–water partition coefficient (Wildman–Crippen LogP) is 3.26. The molecule has 0 amide bonds. The van der Waals surface area contributed by atoms with Crippen molar-refractivity contribution in [2.24, 2.45) is 0 Å². The van der Waals surface area contributed by atoms with Crippen LogP contribution in [0.5, 0.6) is 11.6 Å². The molecule has 0 bridgehead atoms. The first-order chi connectivity index (χ1) is 17.4. The molecule has 2 aliphatic heterocycles. The smallest absolute Gasteiger partial charge is 0.337 e. The molecule has 1 saturated heterocycles. The van der Waals surface area contributed by atoms with E-state index in [1.165, 1.54) is 0 Å². The molecule has 0 unspecified atom stereocenters. The number of piperidine rings is 1. The highest BCUT2D eigenvalue weighted by molar-refractivity contribution is 6.04. The second kappa shape index (κ2) is 10.2. The van der Waals surface area contributed by atoms with Gasteiger partial charge in [0.1, 0.15) is 16.7 Å². The van der Waals surface area contributed by atoms with Crippen LogP contribution in [0.15, 0.2) is 28.7 Å². The van der Waals surface area contributed by atoms with Gasteiger partial charge in [-0.05, 0) is 58.3 Å². The maximum Gasteiger partial charge on any atom is 0.337 e. The molecule has 5 rings (SSSR count). The second-order valence-corrected chi connectivity index (χ2v) is 9.26. The Hall–Kier alpha value is -3.57. The standard InChI is InChI=1S/C25H29N5O6/c1-15(2)30-25-21-18(34-19(31)7-8-20(32)35-25)6-5-17(22(21)28-30)24-27-26-23(36-24)16-9-12-29(13-10-16)11-4-14-33-3/h5-8,15-16H,4,9-14H2,1-3H3/b8-7+. The Labute approximate surface area is 208 Å². The van der Waals surface area contributed by atoms with Gasteiger partial charge in [-0.15, -0.1) is 10.2 Å². The zero-order valence-electron chi connectivity index (χ0n) is 20.6. The normalized spacial score (nSPS) is 18.1. The number of hydrogen-bond acceptors (Lipinski definition) is 10. The number of rotatable bonds is 7. The average Bonchev–Trinajstić information content (AvgIpc) is 3.50. The molecule has 0 spiro atoms. The van der Waals surface area contributed by atoms with Crippen LogP contribution >= 0.6 is 0 Å². The zero-order valence-corrected chi connectivity index (χ0v) is 20.6. The van der Waals surface area contributed by atoms with Crippen molar-refractivity contribution in [1.29, 1.82) is 0 Å². The van der Waals surface area contributed by atoms with Gasteiger partial charge in [-0.1, -0.05) is 0 Å². The van der Waals surface area contributed by atoms with Crippen LogP contribution in [0.2, 0.25) is 0 Å². The quantitative estimate of drug-likeness (QED) is 0.274. The summed E-state index contributed by atoms with van der Waals surface area (Å²) in [6.45, 7) is 7.55. The summed E-state index contributed by atoms with van der Waals surface area (Å²) in [6, 6.07) is 3.22. The topological polar surface area (TPSA) is 122 Å². The molecular weight excluding hydrogens is 466 g/mol. The molecule has 36 heavy (non-hydrogen) atoms. The van der Waals surface area contributed by atoms with Crippen LogP contribution < -0.4 is 9.47 Å². The van der Waals surface area contributed by atoms with Gasteiger partial charge in [0.2, 0.25) is 17.7 Å². The molecule has 190 valence electrons. The lowest BCUT2D eigenvalue weighted by Crippen LogP contribution is -2.34. The molecule has 2 aromatic heterocycles. The van der Waals surface area contributed by atoms with Crippen molar-refractivity contribution < 1.29 is 28.2 Å². The Morgan fingerprint density at radius 3 is 2.56 bits per heavy atom. The lowest BCUT2D eigenvalue weighted by molar-refractivity contribution is -0.131. The fraction of sp³-hybridized carbons (Fsp3) is 0.480. The summed E-state index contributed by atoms with van der Waals surface area (Å²) in [5.41, 5.74) is 1.02. The van der Waals surface area contributed by atoms with Crippen LogP contribution in [-0.2, 0) is 14.3 Å². The first-order valence-electron chi connectivity index (χ1n) is 12.2. The SMILES string of the molecule is COCCCN1CCC(c2nnc(-c3ccc4c5c(n(C(C)C)nc35)OC(=O)/C=C/C(=O)O4)o2)CC1. The fourth-order valence-electron chi connectivity index (χ4n) is 4.61. The summed E-state index contributed by atoms with van der Waals surface area (Å²) in [7, 11) is 1.72. The van der Waals surface area contributed by atoms with E-state index < -0.39 is 11.9 Å². The first-order valence-corrected chi connectivity index (χ1v) is 12.2. The van der Waals surface area contributed by atoms with E-state index in [1.54, 1.807) is 23.9 Å². The van der Waals surface area contributed by atoms with Gasteiger partial charge >= 0.3 is 11.9 Å². The van der Waals surface area contributed by atoms with E-state index in [9.17, 15) is 9.59 Å². The predicted molar refractivity (Wildman–Crippen MR) is 129 cm³/mol. The van der Waals surface area contributed by atoms with Crippen molar-refractivity contribution in [2.75, 3.05) is 33.4 Å². The van der Waals surface area contributed by atoms with Crippen LogP contribution in [0, 0.1) is 0 Å². The van der Waals surface area contributed by atoms with Crippen molar-refractivity contribution in [3.05, 3.63) is 30.2 Å². The lowest BCUT2D eigenvalue weighted by atomic mass is 9.97. The van der Waals surface area contributed by atoms with Gasteiger partial charge < -0.3 is 23.5 Å². The molecule has 0 radical (unpaired) electrons. The average molecular weight is 496 g/mol. The Morgan fingerprint density at radius 2 is 1.83 bits per heavy atom. The van der Waals surface area contributed by atoms with Crippen LogP contribution in [0.1, 0.15) is 51.0 Å². The third-order valence-electron chi connectivity index (χ3n) is 6.45. The number of hydrogen-bond donors (Lipinski definition) is 0. The highest BCUT2D eigenvalue weighted by atomic mass is 16.6. The second-order valence-electron chi connectivity index (χ2n) is 9.26.